The Bertz CT molecular complexity index is 888. The lowest BCUT2D eigenvalue weighted by molar-refractivity contribution is 0.105. The van der Waals surface area contributed by atoms with Gasteiger partial charge in [-0.3, -0.25) is 9.98 Å². The second kappa shape index (κ2) is 12.6. The molecule has 0 aromatic heterocycles. The summed E-state index contributed by atoms with van der Waals surface area (Å²) in [6, 6.07) is 0. The van der Waals surface area contributed by atoms with E-state index in [1.54, 1.807) is 0 Å². The van der Waals surface area contributed by atoms with Crippen molar-refractivity contribution in [3.63, 3.8) is 0 Å². The monoisotopic (exact) mass is 579 g/mol. The molecule has 0 spiro atoms. The molecule has 4 rings (SSSR count). The van der Waals surface area contributed by atoms with Gasteiger partial charge in [-0.2, -0.15) is 0 Å². The molecule has 4 heteroatoms. The van der Waals surface area contributed by atoms with Gasteiger partial charge in [0.15, 0.2) is 0 Å². The molecule has 2 saturated heterocycles. The highest BCUT2D eigenvalue weighted by Gasteiger charge is 2.43. The summed E-state index contributed by atoms with van der Waals surface area (Å²) >= 11 is 0. The summed E-state index contributed by atoms with van der Waals surface area (Å²) in [7, 11) is 0. The van der Waals surface area contributed by atoms with E-state index in [0.29, 0.717) is 11.8 Å². The van der Waals surface area contributed by atoms with Crippen LogP contribution in [0.2, 0.25) is 0 Å². The lowest BCUT2D eigenvalue weighted by Gasteiger charge is -2.48. The van der Waals surface area contributed by atoms with Gasteiger partial charge in [-0.1, -0.05) is 51.7 Å². The van der Waals surface area contributed by atoms with Gasteiger partial charge in [-0.25, -0.2) is 0 Å². The fourth-order valence-corrected chi connectivity index (χ4v) is 10.2. The maximum Gasteiger partial charge on any atom is 0.0816 e. The standard InChI is InChI=1S/C38H66N4/c1-29(23-31-25-33(3,4)41-34(5,6)26-31)37(19-15-21-39-37)17-13-11-12-14-18-38(20-16-22-40-38)30(2)24-32-27-35(7,8)42-36(9,10)28-32/h15-16,19-22,29-32,41-42H,11-14,17-18,23-28H2,1-10H3. The first-order valence-corrected chi connectivity index (χ1v) is 17.5. The van der Waals surface area contributed by atoms with Crippen molar-refractivity contribution < 1.29 is 0 Å². The number of unbranched alkanes of at least 4 members (excludes halogenated alkanes) is 3. The average Bonchev–Trinajstić information content (AvgIpc) is 3.48. The fraction of sp³-hybridized carbons (Fsp3) is 0.842. The molecule has 0 aromatic carbocycles. The second-order valence-electron chi connectivity index (χ2n) is 17.8. The minimum Gasteiger partial charge on any atom is -0.307 e. The van der Waals surface area contributed by atoms with Crippen LogP contribution >= 0.6 is 0 Å². The van der Waals surface area contributed by atoms with Gasteiger partial charge < -0.3 is 10.6 Å². The van der Waals surface area contributed by atoms with Crippen molar-refractivity contribution in [3.8, 4) is 0 Å². The molecule has 0 bridgehead atoms. The molecule has 4 aliphatic heterocycles. The van der Waals surface area contributed by atoms with Gasteiger partial charge in [0.2, 0.25) is 0 Å². The van der Waals surface area contributed by atoms with Crippen LogP contribution in [0.15, 0.2) is 34.3 Å². The van der Waals surface area contributed by atoms with Crippen molar-refractivity contribution in [2.24, 2.45) is 33.7 Å². The molecular formula is C38H66N4. The van der Waals surface area contributed by atoms with Crippen LogP contribution in [0, 0.1) is 23.7 Å². The number of nitrogens with zero attached hydrogens (tertiary/aromatic N) is 2. The minimum absolute atomic E-state index is 0.00376. The molecule has 4 heterocycles. The van der Waals surface area contributed by atoms with Crippen LogP contribution in [0.25, 0.3) is 0 Å². The van der Waals surface area contributed by atoms with E-state index in [0.717, 1.165) is 11.8 Å². The number of piperidine rings is 2. The Kier molecular flexibility index (Phi) is 10.1. The van der Waals surface area contributed by atoms with Gasteiger partial charge in [-0.05, 0) is 143 Å². The Labute approximate surface area is 260 Å². The summed E-state index contributed by atoms with van der Waals surface area (Å²) in [6.45, 7) is 23.9. The first-order valence-electron chi connectivity index (χ1n) is 17.5. The molecule has 2 fully saturated rings. The molecule has 238 valence electrons. The van der Waals surface area contributed by atoms with Crippen LogP contribution in [0.3, 0.4) is 0 Å². The van der Waals surface area contributed by atoms with Crippen molar-refractivity contribution in [1.82, 2.24) is 10.6 Å². The molecule has 4 unspecified atom stereocenters. The largest absolute Gasteiger partial charge is 0.307 e. The van der Waals surface area contributed by atoms with E-state index in [2.05, 4.69) is 117 Å². The predicted molar refractivity (Wildman–Crippen MR) is 184 cm³/mol. The molecule has 4 atom stereocenters. The molecule has 0 aliphatic carbocycles. The number of hydrogen-bond donors (Lipinski definition) is 2. The smallest absolute Gasteiger partial charge is 0.0816 e. The first kappa shape index (κ1) is 33.6. The molecular weight excluding hydrogens is 512 g/mol. The summed E-state index contributed by atoms with van der Waals surface area (Å²) in [4.78, 5) is 10.2. The van der Waals surface area contributed by atoms with Gasteiger partial charge >= 0.3 is 0 Å². The molecule has 0 saturated carbocycles. The molecule has 2 N–H and O–H groups in total. The molecule has 4 nitrogen and oxygen atoms in total. The highest BCUT2D eigenvalue weighted by Crippen LogP contribution is 2.44. The third-order valence-corrected chi connectivity index (χ3v) is 11.1. The third-order valence-electron chi connectivity index (χ3n) is 11.1. The molecule has 4 aliphatic rings. The quantitative estimate of drug-likeness (QED) is 0.214. The van der Waals surface area contributed by atoms with E-state index in [9.17, 15) is 0 Å². The summed E-state index contributed by atoms with van der Waals surface area (Å²) in [5.41, 5.74) is 0.850. The maximum atomic E-state index is 5.11. The minimum atomic E-state index is 0.00376. The normalized spacial score (nSPS) is 32.9. The van der Waals surface area contributed by atoms with Gasteiger partial charge in [0.05, 0.1) is 11.1 Å². The van der Waals surface area contributed by atoms with E-state index in [4.69, 9.17) is 9.98 Å². The lowest BCUT2D eigenvalue weighted by Crippen LogP contribution is -2.58. The number of hydrogen-bond acceptors (Lipinski definition) is 4. The Morgan fingerprint density at radius 3 is 1.19 bits per heavy atom. The highest BCUT2D eigenvalue weighted by molar-refractivity contribution is 5.75. The van der Waals surface area contributed by atoms with Crippen molar-refractivity contribution >= 4 is 12.4 Å². The van der Waals surface area contributed by atoms with Crippen LogP contribution in [-0.4, -0.2) is 45.7 Å². The Morgan fingerprint density at radius 2 is 0.905 bits per heavy atom. The van der Waals surface area contributed by atoms with Gasteiger partial charge in [0.1, 0.15) is 0 Å². The fourth-order valence-electron chi connectivity index (χ4n) is 10.2. The number of nitrogens with one attached hydrogen (secondary N) is 2. The van der Waals surface area contributed by atoms with Crippen molar-refractivity contribution in [2.45, 2.75) is 180 Å². The Balaban J connectivity index is 1.25. The third kappa shape index (κ3) is 8.68. The van der Waals surface area contributed by atoms with E-state index in [1.807, 2.05) is 0 Å². The van der Waals surface area contributed by atoms with Crippen molar-refractivity contribution in [3.05, 3.63) is 24.3 Å². The number of allylic oxidation sites excluding steroid dienone is 2. The molecule has 42 heavy (non-hydrogen) atoms. The lowest BCUT2D eigenvalue weighted by atomic mass is 9.69. The summed E-state index contributed by atoms with van der Waals surface area (Å²) in [5.74, 6) is 2.67. The van der Waals surface area contributed by atoms with Crippen LogP contribution in [0.4, 0.5) is 0 Å². The second-order valence-corrected chi connectivity index (χ2v) is 17.8. The van der Waals surface area contributed by atoms with Gasteiger partial charge in [0, 0.05) is 34.6 Å². The average molecular weight is 579 g/mol. The summed E-state index contributed by atoms with van der Waals surface area (Å²) in [5, 5.41) is 7.73. The highest BCUT2D eigenvalue weighted by atomic mass is 15.1. The van der Waals surface area contributed by atoms with Crippen LogP contribution in [-0.2, 0) is 0 Å². The molecule has 0 amide bonds. The van der Waals surface area contributed by atoms with Gasteiger partial charge in [0.25, 0.3) is 0 Å². The van der Waals surface area contributed by atoms with Crippen LogP contribution in [0.1, 0.15) is 146 Å². The maximum absolute atomic E-state index is 5.11. The Morgan fingerprint density at radius 1 is 0.571 bits per heavy atom. The van der Waals surface area contributed by atoms with Crippen LogP contribution < -0.4 is 10.6 Å². The van der Waals surface area contributed by atoms with Crippen LogP contribution in [0.5, 0.6) is 0 Å². The first-order chi connectivity index (χ1) is 19.4. The molecule has 0 radical (unpaired) electrons. The van der Waals surface area contributed by atoms with E-state index >= 15 is 0 Å². The van der Waals surface area contributed by atoms with E-state index in [1.165, 1.54) is 77.0 Å². The summed E-state index contributed by atoms with van der Waals surface area (Å²) in [6.07, 6.45) is 28.4. The zero-order valence-corrected chi connectivity index (χ0v) is 29.2. The zero-order chi connectivity index (χ0) is 30.9. The predicted octanol–water partition coefficient (Wildman–Crippen LogP) is 9.25. The van der Waals surface area contributed by atoms with E-state index < -0.39 is 0 Å². The van der Waals surface area contributed by atoms with Gasteiger partial charge in [-0.15, -0.1) is 0 Å². The number of aliphatic imine (C=N–C) groups is 2. The zero-order valence-electron chi connectivity index (χ0n) is 29.2. The van der Waals surface area contributed by atoms with E-state index in [-0.39, 0.29) is 33.2 Å². The molecule has 0 aromatic rings. The Hall–Kier alpha value is -1.26. The van der Waals surface area contributed by atoms with Crippen molar-refractivity contribution in [1.29, 1.82) is 0 Å². The number of rotatable bonds is 13. The SMILES string of the molecule is CC(CC1CC(C)(C)NC(C)(C)C1)C1(CCCCCCC2(C(C)CC3CC(C)(C)NC(C)(C)C3)C=CC=N2)C=CC=N1. The van der Waals surface area contributed by atoms with Crippen molar-refractivity contribution in [2.75, 3.05) is 0 Å². The summed E-state index contributed by atoms with van der Waals surface area (Å²) < 4.78 is 0. The topological polar surface area (TPSA) is 48.8 Å².